The van der Waals surface area contributed by atoms with Gasteiger partial charge in [-0.25, -0.2) is 4.98 Å². The smallest absolute Gasteiger partial charge is 0.326 e. The van der Waals surface area contributed by atoms with Crippen molar-refractivity contribution in [3.05, 3.63) is 42.1 Å². The molecular weight excluding hydrogens is 279 g/mol. The first kappa shape index (κ1) is 17.8. The maximum Gasteiger partial charge on any atom is 0.326 e. The molecule has 2 rings (SSSR count). The van der Waals surface area contributed by atoms with Gasteiger partial charge >= 0.3 is 7.48 Å². The third-order valence-electron chi connectivity index (χ3n) is 2.89. The molecule has 1 radical (unpaired) electrons. The van der Waals surface area contributed by atoms with Gasteiger partial charge in [0.2, 0.25) is 0 Å². The predicted molar refractivity (Wildman–Crippen MR) is 90.1 cm³/mol. The van der Waals surface area contributed by atoms with E-state index in [1.54, 1.807) is 32.5 Å². The lowest BCUT2D eigenvalue weighted by molar-refractivity contribution is 0.391. The van der Waals surface area contributed by atoms with Crippen LogP contribution >= 0.6 is 0 Å². The second-order valence-electron chi connectivity index (χ2n) is 4.13. The number of aromatic nitrogens is 1. The minimum Gasteiger partial charge on any atom is -0.497 e. The summed E-state index contributed by atoms with van der Waals surface area (Å²) in [6.45, 7) is 4.56. The van der Waals surface area contributed by atoms with Gasteiger partial charge in [0.05, 0.1) is 14.2 Å². The highest BCUT2D eigenvalue weighted by molar-refractivity contribution is 6.45. The Labute approximate surface area is 132 Å². The topological polar surface area (TPSA) is 63.6 Å². The van der Waals surface area contributed by atoms with Crippen molar-refractivity contribution < 1.29 is 14.5 Å². The normalized spacial score (nSPS) is 9.32. The lowest BCUT2D eigenvalue weighted by atomic mass is 9.90. The number of ether oxygens (including phenoxy) is 2. The van der Waals surface area contributed by atoms with Gasteiger partial charge < -0.3 is 19.8 Å². The van der Waals surface area contributed by atoms with Crippen LogP contribution in [0.15, 0.2) is 36.5 Å². The Balaban J connectivity index is 0.00000116. The van der Waals surface area contributed by atoms with E-state index in [9.17, 15) is 0 Å². The Morgan fingerprint density at radius 2 is 1.91 bits per heavy atom. The van der Waals surface area contributed by atoms with Crippen LogP contribution in [0.4, 0.5) is 5.82 Å². The van der Waals surface area contributed by atoms with E-state index >= 15 is 0 Å². The predicted octanol–water partition coefficient (Wildman–Crippen LogP) is 1.97. The summed E-state index contributed by atoms with van der Waals surface area (Å²) in [4.78, 5) is 4.18. The van der Waals surface area contributed by atoms with E-state index in [1.807, 2.05) is 32.0 Å². The number of pyridine rings is 1. The van der Waals surface area contributed by atoms with E-state index in [0.717, 1.165) is 24.5 Å². The Kier molecular flexibility index (Phi) is 7.85. The van der Waals surface area contributed by atoms with E-state index in [4.69, 9.17) is 14.5 Å². The number of rotatable bonds is 6. The molecule has 22 heavy (non-hydrogen) atoms. The fourth-order valence-corrected chi connectivity index (χ4v) is 1.81. The Morgan fingerprint density at radius 3 is 2.55 bits per heavy atom. The SMILES string of the molecule is CC.COc1ccc(CNc2cc([B]O)ccn2)c(OC)c1. The molecule has 117 valence electrons. The molecule has 1 heterocycles. The van der Waals surface area contributed by atoms with Crippen LogP contribution in [0.2, 0.25) is 0 Å². The first-order valence-electron chi connectivity index (χ1n) is 7.15. The molecule has 6 heteroatoms. The molecule has 0 saturated carbocycles. The van der Waals surface area contributed by atoms with Crippen LogP contribution in [0.1, 0.15) is 19.4 Å². The summed E-state index contributed by atoms with van der Waals surface area (Å²) < 4.78 is 10.5. The highest BCUT2D eigenvalue weighted by atomic mass is 16.5. The molecule has 0 fully saturated rings. The Hall–Kier alpha value is -2.21. The van der Waals surface area contributed by atoms with Crippen LogP contribution < -0.4 is 20.3 Å². The van der Waals surface area contributed by atoms with Gasteiger partial charge in [0, 0.05) is 24.4 Å². The minimum absolute atomic E-state index is 0.565. The molecule has 0 atom stereocenters. The molecule has 0 bridgehead atoms. The van der Waals surface area contributed by atoms with Crippen molar-refractivity contribution in [1.29, 1.82) is 0 Å². The molecular formula is C16H22BN2O3. The molecule has 0 aliphatic heterocycles. The summed E-state index contributed by atoms with van der Waals surface area (Å²) in [7, 11) is 4.28. The largest absolute Gasteiger partial charge is 0.497 e. The van der Waals surface area contributed by atoms with Crippen molar-refractivity contribution in [3.63, 3.8) is 0 Å². The molecule has 0 amide bonds. The first-order chi connectivity index (χ1) is 10.8. The van der Waals surface area contributed by atoms with Gasteiger partial charge in [-0.2, -0.15) is 0 Å². The molecule has 2 aromatic rings. The molecule has 2 N–H and O–H groups in total. The average Bonchev–Trinajstić information content (AvgIpc) is 2.61. The van der Waals surface area contributed by atoms with Crippen LogP contribution in [0.3, 0.4) is 0 Å². The quantitative estimate of drug-likeness (QED) is 0.799. The van der Waals surface area contributed by atoms with Gasteiger partial charge in [-0.05, 0) is 29.7 Å². The first-order valence-corrected chi connectivity index (χ1v) is 7.15. The molecule has 1 aromatic heterocycles. The van der Waals surface area contributed by atoms with Crippen LogP contribution in [0, 0.1) is 0 Å². The number of anilines is 1. The van der Waals surface area contributed by atoms with Crippen molar-refractivity contribution in [3.8, 4) is 11.5 Å². The molecule has 0 saturated heterocycles. The fraction of sp³-hybridized carbons (Fsp3) is 0.312. The monoisotopic (exact) mass is 301 g/mol. The Bertz CT molecular complexity index is 579. The van der Waals surface area contributed by atoms with Gasteiger partial charge in [0.1, 0.15) is 17.3 Å². The number of benzene rings is 1. The van der Waals surface area contributed by atoms with Crippen molar-refractivity contribution in [2.75, 3.05) is 19.5 Å². The molecule has 1 aromatic carbocycles. The highest BCUT2D eigenvalue weighted by Crippen LogP contribution is 2.25. The van der Waals surface area contributed by atoms with E-state index in [0.29, 0.717) is 17.8 Å². The summed E-state index contributed by atoms with van der Waals surface area (Å²) in [5, 5.41) is 12.2. The second-order valence-corrected chi connectivity index (χ2v) is 4.13. The highest BCUT2D eigenvalue weighted by Gasteiger charge is 2.05. The van der Waals surface area contributed by atoms with Crippen molar-refractivity contribution in [2.24, 2.45) is 0 Å². The van der Waals surface area contributed by atoms with Gasteiger partial charge in [-0.3, -0.25) is 0 Å². The summed E-state index contributed by atoms with van der Waals surface area (Å²) in [5.74, 6) is 2.19. The lowest BCUT2D eigenvalue weighted by Crippen LogP contribution is -2.15. The zero-order valence-electron chi connectivity index (χ0n) is 13.5. The number of methoxy groups -OCH3 is 2. The molecule has 0 spiro atoms. The maximum absolute atomic E-state index is 8.97. The van der Waals surface area contributed by atoms with Crippen LogP contribution in [-0.2, 0) is 6.54 Å². The summed E-state index contributed by atoms with van der Waals surface area (Å²) >= 11 is 0. The summed E-state index contributed by atoms with van der Waals surface area (Å²) in [5.41, 5.74) is 1.69. The van der Waals surface area contributed by atoms with Gasteiger partial charge in [0.25, 0.3) is 0 Å². The van der Waals surface area contributed by atoms with Gasteiger partial charge in [0.15, 0.2) is 0 Å². The standard InChI is InChI=1S/C14H16BN2O3.C2H6/c1-19-12-4-3-10(13(8-12)20-2)9-17-14-7-11(15-18)5-6-16-14;1-2/h3-8,18H,9H2,1-2H3,(H,16,17);1-2H3. The van der Waals surface area contributed by atoms with Crippen molar-refractivity contribution in [1.82, 2.24) is 4.98 Å². The summed E-state index contributed by atoms with van der Waals surface area (Å²) in [6.07, 6.45) is 1.63. The van der Waals surface area contributed by atoms with Gasteiger partial charge in [-0.1, -0.05) is 13.8 Å². The zero-order chi connectivity index (χ0) is 16.4. The van der Waals surface area contributed by atoms with Gasteiger partial charge in [-0.15, -0.1) is 0 Å². The fourth-order valence-electron chi connectivity index (χ4n) is 1.81. The van der Waals surface area contributed by atoms with E-state index in [1.165, 1.54) is 0 Å². The second kappa shape index (κ2) is 9.68. The minimum atomic E-state index is 0.565. The number of hydrogen-bond acceptors (Lipinski definition) is 5. The molecule has 5 nitrogen and oxygen atoms in total. The molecule has 0 aliphatic carbocycles. The Morgan fingerprint density at radius 1 is 1.14 bits per heavy atom. The number of hydrogen-bond donors (Lipinski definition) is 2. The third-order valence-corrected chi connectivity index (χ3v) is 2.89. The van der Waals surface area contributed by atoms with Crippen molar-refractivity contribution in [2.45, 2.75) is 20.4 Å². The average molecular weight is 301 g/mol. The van der Waals surface area contributed by atoms with Crippen LogP contribution in [-0.4, -0.2) is 31.7 Å². The lowest BCUT2D eigenvalue weighted by Gasteiger charge is -2.12. The molecule has 0 unspecified atom stereocenters. The van der Waals surface area contributed by atoms with E-state index in [-0.39, 0.29) is 0 Å². The van der Waals surface area contributed by atoms with Crippen molar-refractivity contribution >= 4 is 18.8 Å². The van der Waals surface area contributed by atoms with Crippen LogP contribution in [0.25, 0.3) is 0 Å². The number of nitrogens with zero attached hydrogens (tertiary/aromatic N) is 1. The van der Waals surface area contributed by atoms with E-state index < -0.39 is 0 Å². The summed E-state index contributed by atoms with van der Waals surface area (Å²) in [6, 6.07) is 9.13. The molecule has 0 aliphatic rings. The maximum atomic E-state index is 8.97. The van der Waals surface area contributed by atoms with E-state index in [2.05, 4.69) is 10.3 Å². The van der Waals surface area contributed by atoms with Crippen LogP contribution in [0.5, 0.6) is 11.5 Å². The third kappa shape index (κ3) is 4.97. The number of nitrogens with one attached hydrogen (secondary N) is 1. The zero-order valence-corrected chi connectivity index (χ0v) is 13.5.